The number of nitrogens with zero attached hydrogens (tertiary/aromatic N) is 9. The van der Waals surface area contributed by atoms with Crippen molar-refractivity contribution in [1.82, 2.24) is 44.7 Å². The Morgan fingerprint density at radius 3 is 2.08 bits per heavy atom. The van der Waals surface area contributed by atoms with Crippen molar-refractivity contribution in [1.29, 1.82) is 0 Å². The van der Waals surface area contributed by atoms with E-state index < -0.39 is 23.8 Å². The maximum atomic E-state index is 13.6. The molecule has 5 aromatic rings. The molecule has 6 heterocycles. The number of nitrogens with two attached hydrogens (primary N) is 1. The Labute approximate surface area is 377 Å². The van der Waals surface area contributed by atoms with Gasteiger partial charge in [-0.25, -0.2) is 14.6 Å². The highest BCUT2D eigenvalue weighted by Gasteiger charge is 2.46. The average Bonchev–Trinajstić information content (AvgIpc) is 3.85. The fourth-order valence-corrected chi connectivity index (χ4v) is 10.2. The van der Waals surface area contributed by atoms with Crippen LogP contribution in [0.2, 0.25) is 0 Å². The summed E-state index contributed by atoms with van der Waals surface area (Å²) in [5.74, 6) is 0.0287. The molecule has 2 aromatic heterocycles. The standard InChI is InChI=1S/C48H55N11O6/c49-44-42-43(32-9-15-36(16-10-32)65-35-5-2-1-3-6-35)53-59(45(42)51-31-50-44)34-13-11-33(12-14-34)56-23-19-54(20-24-56)27-29-64-30-28-55-21-25-57(26-22-55)38-8-4-7-37-41(38)48(63)58(47(37)62)39-17-18-40(60)52-46(39)61/h1-10,15-16,31,33-34,39H,11-14,17-30H2,(H2,49,50,51)(H,52,60,61). The third-order valence-electron chi connectivity index (χ3n) is 13.8. The zero-order valence-electron chi connectivity index (χ0n) is 36.5. The molecule has 17 heteroatoms. The van der Waals surface area contributed by atoms with E-state index in [4.69, 9.17) is 20.3 Å². The van der Waals surface area contributed by atoms with Gasteiger partial charge in [0.2, 0.25) is 11.8 Å². The van der Waals surface area contributed by atoms with Crippen molar-refractivity contribution < 1.29 is 28.7 Å². The zero-order chi connectivity index (χ0) is 44.4. The highest BCUT2D eigenvalue weighted by atomic mass is 16.5. The number of piperazine rings is 2. The van der Waals surface area contributed by atoms with Gasteiger partial charge in [0.05, 0.1) is 41.5 Å². The molecule has 3 N–H and O–H groups in total. The predicted molar refractivity (Wildman–Crippen MR) is 244 cm³/mol. The largest absolute Gasteiger partial charge is 0.457 e. The van der Waals surface area contributed by atoms with Crippen LogP contribution >= 0.6 is 0 Å². The number of para-hydroxylation sites is 1. The summed E-state index contributed by atoms with van der Waals surface area (Å²) in [5, 5.41) is 8.20. The smallest absolute Gasteiger partial charge is 0.264 e. The summed E-state index contributed by atoms with van der Waals surface area (Å²) in [6.45, 7) is 10.3. The van der Waals surface area contributed by atoms with Crippen LogP contribution < -0.4 is 20.7 Å². The van der Waals surface area contributed by atoms with Crippen LogP contribution in [0.15, 0.2) is 79.1 Å². The maximum Gasteiger partial charge on any atom is 0.264 e. The lowest BCUT2D eigenvalue weighted by Gasteiger charge is -2.42. The van der Waals surface area contributed by atoms with Gasteiger partial charge in [-0.15, -0.1) is 0 Å². The van der Waals surface area contributed by atoms with Gasteiger partial charge in [0, 0.05) is 83.5 Å². The molecule has 4 amide bonds. The minimum Gasteiger partial charge on any atom is -0.457 e. The third kappa shape index (κ3) is 8.80. The second-order valence-electron chi connectivity index (χ2n) is 17.6. The molecule has 3 saturated heterocycles. The summed E-state index contributed by atoms with van der Waals surface area (Å²) in [7, 11) is 0. The van der Waals surface area contributed by atoms with Crippen molar-refractivity contribution in [3.8, 4) is 22.8 Å². The minimum atomic E-state index is -0.979. The van der Waals surface area contributed by atoms with Crippen LogP contribution in [-0.4, -0.2) is 154 Å². The van der Waals surface area contributed by atoms with Gasteiger partial charge in [0.1, 0.15) is 35.4 Å². The molecule has 1 unspecified atom stereocenters. The average molecular weight is 882 g/mol. The maximum absolute atomic E-state index is 13.6. The summed E-state index contributed by atoms with van der Waals surface area (Å²) in [6.07, 6.45) is 6.04. The number of anilines is 2. The summed E-state index contributed by atoms with van der Waals surface area (Å²) in [6, 6.07) is 22.8. The van der Waals surface area contributed by atoms with E-state index in [0.29, 0.717) is 55.0 Å². The van der Waals surface area contributed by atoms with Crippen molar-refractivity contribution >= 4 is 46.2 Å². The molecule has 3 aromatic carbocycles. The van der Waals surface area contributed by atoms with E-state index >= 15 is 0 Å². The number of benzene rings is 3. The number of amides is 4. The first-order valence-corrected chi connectivity index (χ1v) is 23.0. The van der Waals surface area contributed by atoms with Gasteiger partial charge in [0.15, 0.2) is 5.65 Å². The van der Waals surface area contributed by atoms with Crippen LogP contribution in [0.4, 0.5) is 11.5 Å². The number of ether oxygens (including phenoxy) is 2. The van der Waals surface area contributed by atoms with Crippen molar-refractivity contribution in [2.75, 3.05) is 89.3 Å². The Balaban J connectivity index is 0.645. The molecular weight excluding hydrogens is 827 g/mol. The second-order valence-corrected chi connectivity index (χ2v) is 17.6. The Hall–Kier alpha value is -6.27. The highest BCUT2D eigenvalue weighted by Crippen LogP contribution is 2.38. The van der Waals surface area contributed by atoms with E-state index in [0.717, 1.165) is 117 Å². The molecule has 0 spiro atoms. The topological polar surface area (TPSA) is 185 Å². The van der Waals surface area contributed by atoms with Crippen molar-refractivity contribution in [3.63, 3.8) is 0 Å². The normalized spacial score (nSPS) is 22.4. The summed E-state index contributed by atoms with van der Waals surface area (Å²) >= 11 is 0. The lowest BCUT2D eigenvalue weighted by molar-refractivity contribution is -0.136. The number of carbonyl (C=O) groups excluding carboxylic acids is 4. The van der Waals surface area contributed by atoms with E-state index in [1.807, 2.05) is 60.7 Å². The van der Waals surface area contributed by atoms with E-state index in [2.05, 4.69) is 39.6 Å². The van der Waals surface area contributed by atoms with Gasteiger partial charge in [-0.1, -0.05) is 24.3 Å². The zero-order valence-corrected chi connectivity index (χ0v) is 36.5. The Morgan fingerprint density at radius 1 is 0.692 bits per heavy atom. The van der Waals surface area contributed by atoms with Gasteiger partial charge >= 0.3 is 0 Å². The predicted octanol–water partition coefficient (Wildman–Crippen LogP) is 4.21. The molecule has 1 atom stereocenters. The number of carbonyl (C=O) groups is 4. The van der Waals surface area contributed by atoms with Crippen LogP contribution in [0.5, 0.6) is 11.5 Å². The molecule has 0 bridgehead atoms. The highest BCUT2D eigenvalue weighted by molar-refractivity contribution is 6.25. The minimum absolute atomic E-state index is 0.0929. The van der Waals surface area contributed by atoms with Crippen molar-refractivity contribution in [2.24, 2.45) is 0 Å². The first-order valence-electron chi connectivity index (χ1n) is 23.0. The number of hydrogen-bond donors (Lipinski definition) is 2. The van der Waals surface area contributed by atoms with Crippen LogP contribution in [-0.2, 0) is 14.3 Å². The fourth-order valence-electron chi connectivity index (χ4n) is 10.2. The molecule has 10 rings (SSSR count). The molecule has 1 aliphatic carbocycles. The molecule has 17 nitrogen and oxygen atoms in total. The van der Waals surface area contributed by atoms with Crippen LogP contribution in [0.1, 0.15) is 65.3 Å². The van der Waals surface area contributed by atoms with E-state index in [9.17, 15) is 19.2 Å². The Kier molecular flexibility index (Phi) is 12.3. The van der Waals surface area contributed by atoms with E-state index in [1.54, 1.807) is 12.1 Å². The molecule has 338 valence electrons. The van der Waals surface area contributed by atoms with Crippen molar-refractivity contribution in [2.45, 2.75) is 56.7 Å². The molecule has 1 saturated carbocycles. The summed E-state index contributed by atoms with van der Waals surface area (Å²) in [4.78, 5) is 70.9. The van der Waals surface area contributed by atoms with Gasteiger partial charge in [-0.3, -0.25) is 44.1 Å². The number of aromatic nitrogens is 4. The number of nitrogen functional groups attached to an aromatic ring is 1. The van der Waals surface area contributed by atoms with Gasteiger partial charge in [0.25, 0.3) is 11.8 Å². The number of rotatable bonds is 13. The van der Waals surface area contributed by atoms with E-state index in [1.165, 1.54) is 6.33 Å². The molecule has 4 aliphatic heterocycles. The molecule has 0 radical (unpaired) electrons. The molecular formula is C48H55N11O6. The molecule has 65 heavy (non-hydrogen) atoms. The van der Waals surface area contributed by atoms with E-state index in [-0.39, 0.29) is 24.8 Å². The number of nitrogens with one attached hydrogen (secondary N) is 1. The monoisotopic (exact) mass is 881 g/mol. The third-order valence-corrected chi connectivity index (χ3v) is 13.8. The van der Waals surface area contributed by atoms with Crippen molar-refractivity contribution in [3.05, 3.63) is 90.3 Å². The Morgan fingerprint density at radius 2 is 1.37 bits per heavy atom. The lowest BCUT2D eigenvalue weighted by atomic mass is 9.90. The van der Waals surface area contributed by atoms with Crippen LogP contribution in [0, 0.1) is 0 Å². The number of imide groups is 2. The van der Waals surface area contributed by atoms with Gasteiger partial charge in [-0.2, -0.15) is 5.10 Å². The Bertz CT molecular complexity index is 2550. The summed E-state index contributed by atoms with van der Waals surface area (Å²) in [5.41, 5.74) is 10.3. The second kappa shape index (κ2) is 18.7. The number of piperidine rings is 1. The van der Waals surface area contributed by atoms with Gasteiger partial charge < -0.3 is 20.1 Å². The summed E-state index contributed by atoms with van der Waals surface area (Å²) < 4.78 is 14.2. The SMILES string of the molecule is Nc1ncnc2c1c(-c1ccc(Oc3ccccc3)cc1)nn2C1CCC(N2CCN(CCOCCN3CCN(c4cccc5c4C(=O)N(C4CCC(=O)NC4=O)C5=O)CC3)CC2)CC1. The fraction of sp³-hybridized carbons (Fsp3) is 0.438. The first-order chi connectivity index (χ1) is 31.8. The van der Waals surface area contributed by atoms with Gasteiger partial charge in [-0.05, 0) is 80.6 Å². The van der Waals surface area contributed by atoms with Crippen LogP contribution in [0.3, 0.4) is 0 Å². The number of hydrogen-bond acceptors (Lipinski definition) is 14. The number of fused-ring (bicyclic) bond motifs is 2. The first kappa shape index (κ1) is 42.7. The molecule has 4 fully saturated rings. The van der Waals surface area contributed by atoms with Crippen LogP contribution in [0.25, 0.3) is 22.3 Å². The molecule has 5 aliphatic rings. The lowest BCUT2D eigenvalue weighted by Crippen LogP contribution is -2.54. The quantitative estimate of drug-likeness (QED) is 0.127.